The number of carbonyl (C=O) groups is 1. The lowest BCUT2D eigenvalue weighted by Crippen LogP contribution is -2.27. The van der Waals surface area contributed by atoms with Gasteiger partial charge in [-0.3, -0.25) is 4.79 Å². The molecule has 1 aliphatic rings. The van der Waals surface area contributed by atoms with Gasteiger partial charge in [-0.15, -0.1) is 0 Å². The minimum absolute atomic E-state index is 0.0761. The summed E-state index contributed by atoms with van der Waals surface area (Å²) in [7, 11) is 1.79. The summed E-state index contributed by atoms with van der Waals surface area (Å²) in [4.78, 5) is 14.9. The predicted octanol–water partition coefficient (Wildman–Crippen LogP) is 3.81. The molecule has 1 aromatic heterocycles. The summed E-state index contributed by atoms with van der Waals surface area (Å²) in [6, 6.07) is 17.6. The summed E-state index contributed by atoms with van der Waals surface area (Å²) in [6.45, 7) is 2.51. The molecule has 0 unspecified atom stereocenters. The second-order valence-electron chi connectivity index (χ2n) is 7.30. The van der Waals surface area contributed by atoms with Crippen molar-refractivity contribution in [3.63, 3.8) is 0 Å². The summed E-state index contributed by atoms with van der Waals surface area (Å²) < 4.78 is 1.95. The van der Waals surface area contributed by atoms with Crippen molar-refractivity contribution in [2.24, 2.45) is 0 Å². The Morgan fingerprint density at radius 2 is 2.04 bits per heavy atom. The van der Waals surface area contributed by atoms with Gasteiger partial charge < -0.3 is 4.90 Å². The molecule has 140 valence electrons. The highest BCUT2D eigenvalue weighted by Gasteiger charge is 2.28. The van der Waals surface area contributed by atoms with Gasteiger partial charge in [0.2, 0.25) is 0 Å². The number of nitrogens with zero attached hydrogens (tertiary/aromatic N) is 4. The summed E-state index contributed by atoms with van der Waals surface area (Å²) in [6.07, 6.45) is 2.88. The molecule has 1 amide bonds. The number of hydrogen-bond acceptors (Lipinski definition) is 3. The van der Waals surface area contributed by atoms with Gasteiger partial charge in [-0.1, -0.05) is 30.3 Å². The standard InChI is InChI=1S/C23H22N4O/c1-16-7-3-4-11-20(16)27-21-12-6-10-19(21)22(25-27)23(28)26(2)15-18-9-5-8-17(13-18)14-24/h3-5,7-9,11,13H,6,10,12,15H2,1-2H3. The Morgan fingerprint density at radius 3 is 2.82 bits per heavy atom. The fourth-order valence-corrected chi connectivity index (χ4v) is 3.88. The molecule has 5 nitrogen and oxygen atoms in total. The van der Waals surface area contributed by atoms with Crippen molar-refractivity contribution in [1.82, 2.24) is 14.7 Å². The van der Waals surface area contributed by atoms with Crippen LogP contribution in [-0.2, 0) is 19.4 Å². The summed E-state index contributed by atoms with van der Waals surface area (Å²) >= 11 is 0. The minimum atomic E-state index is -0.0761. The first-order chi connectivity index (χ1) is 13.6. The quantitative estimate of drug-likeness (QED) is 0.701. The maximum Gasteiger partial charge on any atom is 0.274 e. The molecule has 5 heteroatoms. The van der Waals surface area contributed by atoms with E-state index in [9.17, 15) is 4.79 Å². The normalized spacial score (nSPS) is 12.5. The molecule has 28 heavy (non-hydrogen) atoms. The number of para-hydroxylation sites is 1. The summed E-state index contributed by atoms with van der Waals surface area (Å²) in [5.74, 6) is -0.0761. The molecule has 0 fully saturated rings. The lowest BCUT2D eigenvalue weighted by molar-refractivity contribution is 0.0777. The van der Waals surface area contributed by atoms with Crippen LogP contribution in [0.3, 0.4) is 0 Å². The van der Waals surface area contributed by atoms with Crippen LogP contribution in [0.1, 0.15) is 44.9 Å². The van der Waals surface area contributed by atoms with Gasteiger partial charge in [0.15, 0.2) is 5.69 Å². The summed E-state index contributed by atoms with van der Waals surface area (Å²) in [5, 5.41) is 13.8. The van der Waals surface area contributed by atoms with Crippen molar-refractivity contribution in [3.05, 3.63) is 82.2 Å². The van der Waals surface area contributed by atoms with E-state index in [4.69, 9.17) is 10.4 Å². The fraction of sp³-hybridized carbons (Fsp3) is 0.261. The number of aryl methyl sites for hydroxylation is 1. The number of fused-ring (bicyclic) bond motifs is 1. The van der Waals surface area contributed by atoms with Gasteiger partial charge in [0.05, 0.1) is 17.3 Å². The molecule has 3 aromatic rings. The first-order valence-corrected chi connectivity index (χ1v) is 9.49. The topological polar surface area (TPSA) is 61.9 Å². The van der Waals surface area contributed by atoms with E-state index < -0.39 is 0 Å². The Bertz CT molecular complexity index is 1090. The molecule has 1 aliphatic carbocycles. The monoisotopic (exact) mass is 370 g/mol. The molecule has 0 N–H and O–H groups in total. The van der Waals surface area contributed by atoms with Crippen LogP contribution in [0.2, 0.25) is 0 Å². The van der Waals surface area contributed by atoms with Crippen LogP contribution < -0.4 is 0 Å². The largest absolute Gasteiger partial charge is 0.336 e. The molecule has 0 saturated carbocycles. The number of hydrogen-bond donors (Lipinski definition) is 0. The Morgan fingerprint density at radius 1 is 1.21 bits per heavy atom. The van der Waals surface area contributed by atoms with Crippen molar-refractivity contribution in [2.45, 2.75) is 32.7 Å². The lowest BCUT2D eigenvalue weighted by atomic mass is 10.1. The lowest BCUT2D eigenvalue weighted by Gasteiger charge is -2.17. The molecular formula is C23H22N4O. The van der Waals surface area contributed by atoms with Crippen LogP contribution >= 0.6 is 0 Å². The predicted molar refractivity (Wildman–Crippen MR) is 107 cm³/mol. The third kappa shape index (κ3) is 3.18. The van der Waals surface area contributed by atoms with E-state index in [1.807, 2.05) is 41.1 Å². The van der Waals surface area contributed by atoms with E-state index in [0.717, 1.165) is 47.3 Å². The number of rotatable bonds is 4. The Hall–Kier alpha value is -3.39. The van der Waals surface area contributed by atoms with Crippen molar-refractivity contribution >= 4 is 5.91 Å². The van der Waals surface area contributed by atoms with E-state index in [0.29, 0.717) is 17.8 Å². The molecule has 2 aromatic carbocycles. The van der Waals surface area contributed by atoms with Crippen LogP contribution in [0.4, 0.5) is 0 Å². The molecule has 1 heterocycles. The Kier molecular flexibility index (Phi) is 4.70. The van der Waals surface area contributed by atoms with Crippen LogP contribution in [0.25, 0.3) is 5.69 Å². The average Bonchev–Trinajstić information content (AvgIpc) is 3.31. The van der Waals surface area contributed by atoms with Gasteiger partial charge in [-0.25, -0.2) is 4.68 Å². The highest BCUT2D eigenvalue weighted by Crippen LogP contribution is 2.29. The van der Waals surface area contributed by atoms with E-state index in [1.165, 1.54) is 0 Å². The zero-order valence-corrected chi connectivity index (χ0v) is 16.1. The second kappa shape index (κ2) is 7.32. The van der Waals surface area contributed by atoms with Crippen LogP contribution in [0.5, 0.6) is 0 Å². The van der Waals surface area contributed by atoms with Gasteiger partial charge >= 0.3 is 0 Å². The zero-order valence-electron chi connectivity index (χ0n) is 16.1. The highest BCUT2D eigenvalue weighted by molar-refractivity contribution is 5.94. The third-order valence-electron chi connectivity index (χ3n) is 5.30. The third-order valence-corrected chi connectivity index (χ3v) is 5.30. The zero-order chi connectivity index (χ0) is 19.7. The number of carbonyl (C=O) groups excluding carboxylic acids is 1. The van der Waals surface area contributed by atoms with E-state index in [1.54, 1.807) is 18.0 Å². The van der Waals surface area contributed by atoms with Crippen LogP contribution in [0.15, 0.2) is 48.5 Å². The Balaban J connectivity index is 1.66. The molecule has 0 spiro atoms. The van der Waals surface area contributed by atoms with Gasteiger partial charge in [-0.05, 0) is 55.5 Å². The Labute approximate surface area is 164 Å². The van der Waals surface area contributed by atoms with Crippen molar-refractivity contribution in [3.8, 4) is 11.8 Å². The maximum atomic E-state index is 13.2. The van der Waals surface area contributed by atoms with Gasteiger partial charge in [0.25, 0.3) is 5.91 Å². The highest BCUT2D eigenvalue weighted by atomic mass is 16.2. The average molecular weight is 370 g/mol. The first kappa shape index (κ1) is 18.0. The van der Waals surface area contributed by atoms with Crippen LogP contribution in [0, 0.1) is 18.3 Å². The van der Waals surface area contributed by atoms with E-state index in [2.05, 4.69) is 19.1 Å². The van der Waals surface area contributed by atoms with E-state index in [-0.39, 0.29) is 5.91 Å². The maximum absolute atomic E-state index is 13.2. The minimum Gasteiger partial charge on any atom is -0.336 e. The fourth-order valence-electron chi connectivity index (χ4n) is 3.88. The smallest absolute Gasteiger partial charge is 0.274 e. The van der Waals surface area contributed by atoms with Gasteiger partial charge in [-0.2, -0.15) is 10.4 Å². The summed E-state index contributed by atoms with van der Waals surface area (Å²) in [5.41, 5.74) is 6.48. The van der Waals surface area contributed by atoms with Gasteiger partial charge in [0, 0.05) is 24.8 Å². The number of benzene rings is 2. The van der Waals surface area contributed by atoms with Gasteiger partial charge in [0.1, 0.15) is 0 Å². The molecule has 0 atom stereocenters. The molecule has 0 radical (unpaired) electrons. The van der Waals surface area contributed by atoms with E-state index >= 15 is 0 Å². The number of nitriles is 1. The molecule has 0 saturated heterocycles. The number of aromatic nitrogens is 2. The molecular weight excluding hydrogens is 348 g/mol. The molecule has 0 aliphatic heterocycles. The van der Waals surface area contributed by atoms with Crippen molar-refractivity contribution in [1.29, 1.82) is 5.26 Å². The first-order valence-electron chi connectivity index (χ1n) is 9.49. The molecule has 4 rings (SSSR count). The van der Waals surface area contributed by atoms with Crippen molar-refractivity contribution < 1.29 is 4.79 Å². The number of amides is 1. The van der Waals surface area contributed by atoms with Crippen molar-refractivity contribution in [2.75, 3.05) is 7.05 Å². The second-order valence-corrected chi connectivity index (χ2v) is 7.30. The van der Waals surface area contributed by atoms with Crippen LogP contribution in [-0.4, -0.2) is 27.6 Å². The SMILES string of the molecule is Cc1ccccc1-n1nc(C(=O)N(C)Cc2cccc(C#N)c2)c2c1CCC2. The molecule has 0 bridgehead atoms.